The third-order valence-electron chi connectivity index (χ3n) is 12.3. The van der Waals surface area contributed by atoms with Crippen LogP contribution in [0.1, 0.15) is 22.3 Å². The number of aromatic nitrogens is 3. The van der Waals surface area contributed by atoms with Gasteiger partial charge in [-0.3, -0.25) is 0 Å². The molecule has 0 fully saturated rings. The Labute approximate surface area is 365 Å². The lowest BCUT2D eigenvalue weighted by Gasteiger charge is -2.34. The molecule has 2 aliphatic rings. The normalized spacial score (nSPS) is 12.8. The lowest BCUT2D eigenvalue weighted by Crippen LogP contribution is -2.28. The molecule has 296 valence electrons. The summed E-state index contributed by atoms with van der Waals surface area (Å²) in [4.78, 5) is 15.1. The van der Waals surface area contributed by atoms with E-state index in [0.717, 1.165) is 50.1 Å². The molecule has 10 aromatic rings. The number of rotatable bonds is 7. The van der Waals surface area contributed by atoms with Crippen molar-refractivity contribution in [3.05, 3.63) is 247 Å². The molecule has 1 aliphatic heterocycles. The van der Waals surface area contributed by atoms with Crippen molar-refractivity contribution in [2.24, 2.45) is 0 Å². The van der Waals surface area contributed by atoms with Crippen LogP contribution in [0, 0.1) is 0 Å². The molecule has 63 heavy (non-hydrogen) atoms. The quantitative estimate of drug-likeness (QED) is 0.161. The second kappa shape index (κ2) is 14.9. The Balaban J connectivity index is 0.952. The van der Waals surface area contributed by atoms with Gasteiger partial charge in [0.15, 0.2) is 40.5 Å². The second-order valence-electron chi connectivity index (χ2n) is 15.9. The Morgan fingerprint density at radius 2 is 0.762 bits per heavy atom. The minimum Gasteiger partial charge on any atom is -0.449 e. The van der Waals surface area contributed by atoms with Gasteiger partial charge in [0.2, 0.25) is 0 Å². The van der Waals surface area contributed by atoms with Crippen LogP contribution in [0.25, 0.3) is 67.5 Å². The zero-order chi connectivity index (χ0) is 41.7. The molecule has 12 rings (SSSR count). The predicted molar refractivity (Wildman–Crippen MR) is 251 cm³/mol. The molecule has 1 aromatic heterocycles. The number of ether oxygens (including phenoxy) is 2. The molecule has 5 nitrogen and oxygen atoms in total. The van der Waals surface area contributed by atoms with Crippen LogP contribution in [-0.2, 0) is 5.41 Å². The van der Waals surface area contributed by atoms with Gasteiger partial charge >= 0.3 is 0 Å². The summed E-state index contributed by atoms with van der Waals surface area (Å²) in [6, 6.07) is 77.9. The van der Waals surface area contributed by atoms with Crippen molar-refractivity contribution < 1.29 is 9.47 Å². The molecular formula is C58H37N3O2. The zero-order valence-electron chi connectivity index (χ0n) is 34.0. The summed E-state index contributed by atoms with van der Waals surface area (Å²) in [5.41, 5.74) is 13.3. The van der Waals surface area contributed by atoms with E-state index in [0.29, 0.717) is 40.5 Å². The Kier molecular flexibility index (Phi) is 8.64. The predicted octanol–water partition coefficient (Wildman–Crippen LogP) is 14.5. The fourth-order valence-electron chi connectivity index (χ4n) is 9.38. The van der Waals surface area contributed by atoms with E-state index in [-0.39, 0.29) is 0 Å². The third kappa shape index (κ3) is 6.13. The van der Waals surface area contributed by atoms with E-state index in [2.05, 4.69) is 164 Å². The fraction of sp³-hybridized carbons (Fsp3) is 0.0172. The summed E-state index contributed by atoms with van der Waals surface area (Å²) in [5, 5.41) is 0. The molecule has 5 heteroatoms. The first-order valence-electron chi connectivity index (χ1n) is 21.2. The van der Waals surface area contributed by atoms with Crippen LogP contribution >= 0.6 is 0 Å². The third-order valence-corrected chi connectivity index (χ3v) is 12.3. The highest BCUT2D eigenvalue weighted by Gasteiger charge is 2.47. The Bertz CT molecular complexity index is 3280. The van der Waals surface area contributed by atoms with Gasteiger partial charge in [0.25, 0.3) is 0 Å². The minimum atomic E-state index is -0.563. The van der Waals surface area contributed by atoms with Crippen molar-refractivity contribution in [3.8, 4) is 90.5 Å². The molecule has 0 unspecified atom stereocenters. The minimum absolute atomic E-state index is 0.563. The van der Waals surface area contributed by atoms with Crippen LogP contribution < -0.4 is 9.47 Å². The summed E-state index contributed by atoms with van der Waals surface area (Å²) in [5.74, 6) is 4.45. The smallest absolute Gasteiger partial charge is 0.177 e. The van der Waals surface area contributed by atoms with Crippen molar-refractivity contribution in [3.63, 3.8) is 0 Å². The highest BCUT2D eigenvalue weighted by molar-refractivity contribution is 5.89. The molecule has 0 amide bonds. The molecule has 0 spiro atoms. The van der Waals surface area contributed by atoms with E-state index in [1.807, 2.05) is 60.7 Å². The molecule has 0 bridgehead atoms. The van der Waals surface area contributed by atoms with Crippen molar-refractivity contribution in [1.82, 2.24) is 15.0 Å². The molecule has 0 radical (unpaired) electrons. The average molecular weight is 808 g/mol. The Morgan fingerprint density at radius 3 is 1.44 bits per heavy atom. The fourth-order valence-corrected chi connectivity index (χ4v) is 9.38. The van der Waals surface area contributed by atoms with E-state index >= 15 is 0 Å². The molecule has 0 saturated carbocycles. The number of fused-ring (bicyclic) bond motifs is 5. The number of nitrogens with zero attached hydrogens (tertiary/aromatic N) is 3. The monoisotopic (exact) mass is 807 g/mol. The standard InChI is InChI=1S/C58H37N3O2/c1-5-17-38(18-6-1)39-31-33-41(34-32-39)56-59-55(40-19-7-2-8-20-40)60-57(61-56)43-22-15-21-42(35-43)46-28-16-30-51-54(46)63-53-37-50-48(36-52(53)62-51)47-27-13-14-29-49(47)58(50,44-23-9-3-10-24-44)45-25-11-4-12-26-45/h1-37H. The number of benzene rings is 9. The Morgan fingerprint density at radius 1 is 0.286 bits per heavy atom. The van der Waals surface area contributed by atoms with E-state index in [1.54, 1.807) is 0 Å². The Hall–Kier alpha value is -8.41. The van der Waals surface area contributed by atoms with Gasteiger partial charge < -0.3 is 9.47 Å². The lowest BCUT2D eigenvalue weighted by atomic mass is 9.67. The van der Waals surface area contributed by atoms with Crippen LogP contribution in [0.4, 0.5) is 0 Å². The van der Waals surface area contributed by atoms with Crippen molar-refractivity contribution in [1.29, 1.82) is 0 Å². The molecule has 1 aliphatic carbocycles. The van der Waals surface area contributed by atoms with Crippen LogP contribution in [0.15, 0.2) is 224 Å². The van der Waals surface area contributed by atoms with E-state index in [4.69, 9.17) is 24.4 Å². The van der Waals surface area contributed by atoms with Crippen LogP contribution in [0.5, 0.6) is 23.0 Å². The number of hydrogen-bond acceptors (Lipinski definition) is 5. The van der Waals surface area contributed by atoms with Gasteiger partial charge in [0, 0.05) is 22.3 Å². The molecular weight excluding hydrogens is 771 g/mol. The van der Waals surface area contributed by atoms with Gasteiger partial charge in [0.05, 0.1) is 5.41 Å². The molecule has 0 N–H and O–H groups in total. The van der Waals surface area contributed by atoms with Gasteiger partial charge in [-0.1, -0.05) is 200 Å². The summed E-state index contributed by atoms with van der Waals surface area (Å²) in [6.45, 7) is 0. The van der Waals surface area contributed by atoms with Crippen molar-refractivity contribution in [2.75, 3.05) is 0 Å². The zero-order valence-corrected chi connectivity index (χ0v) is 34.0. The first-order valence-corrected chi connectivity index (χ1v) is 21.2. The van der Waals surface area contributed by atoms with E-state index < -0.39 is 5.41 Å². The highest BCUT2D eigenvalue weighted by Crippen LogP contribution is 2.60. The van der Waals surface area contributed by atoms with Gasteiger partial charge in [-0.05, 0) is 74.3 Å². The topological polar surface area (TPSA) is 57.1 Å². The summed E-state index contributed by atoms with van der Waals surface area (Å²) in [6.07, 6.45) is 0. The average Bonchev–Trinajstić information content (AvgIpc) is 3.65. The number of hydrogen-bond donors (Lipinski definition) is 0. The summed E-state index contributed by atoms with van der Waals surface area (Å²) in [7, 11) is 0. The van der Waals surface area contributed by atoms with Crippen LogP contribution in [0.2, 0.25) is 0 Å². The SMILES string of the molecule is c1ccc(-c2ccc(-c3nc(-c4ccccc4)nc(-c4cccc(-c5cccc6c5Oc5cc7c(cc5O6)-c5ccccc5C7(c5ccccc5)c5ccccc5)c4)n3)cc2)cc1. The van der Waals surface area contributed by atoms with E-state index in [1.165, 1.54) is 22.3 Å². The lowest BCUT2D eigenvalue weighted by molar-refractivity contribution is 0.360. The van der Waals surface area contributed by atoms with Crippen LogP contribution in [-0.4, -0.2) is 15.0 Å². The molecule has 0 saturated heterocycles. The summed E-state index contributed by atoms with van der Waals surface area (Å²) < 4.78 is 13.8. The maximum absolute atomic E-state index is 7.03. The first kappa shape index (κ1) is 36.4. The van der Waals surface area contributed by atoms with Crippen LogP contribution in [0.3, 0.4) is 0 Å². The van der Waals surface area contributed by atoms with Crippen molar-refractivity contribution >= 4 is 0 Å². The molecule has 2 heterocycles. The van der Waals surface area contributed by atoms with Gasteiger partial charge in [0.1, 0.15) is 0 Å². The number of para-hydroxylation sites is 1. The highest BCUT2D eigenvalue weighted by atomic mass is 16.6. The van der Waals surface area contributed by atoms with Gasteiger partial charge in [-0.15, -0.1) is 0 Å². The van der Waals surface area contributed by atoms with E-state index in [9.17, 15) is 0 Å². The second-order valence-corrected chi connectivity index (χ2v) is 15.9. The molecule has 0 atom stereocenters. The molecule has 9 aromatic carbocycles. The first-order chi connectivity index (χ1) is 31.2. The van der Waals surface area contributed by atoms with Gasteiger partial charge in [-0.25, -0.2) is 15.0 Å². The maximum atomic E-state index is 7.03. The summed E-state index contributed by atoms with van der Waals surface area (Å²) >= 11 is 0. The van der Waals surface area contributed by atoms with Gasteiger partial charge in [-0.2, -0.15) is 0 Å². The largest absolute Gasteiger partial charge is 0.449 e. The van der Waals surface area contributed by atoms with Crippen molar-refractivity contribution in [2.45, 2.75) is 5.41 Å². The maximum Gasteiger partial charge on any atom is 0.177 e.